The van der Waals surface area contributed by atoms with E-state index in [0.717, 1.165) is 11.3 Å². The summed E-state index contributed by atoms with van der Waals surface area (Å²) in [7, 11) is 0. The molecule has 2 aliphatic heterocycles. The van der Waals surface area contributed by atoms with Gasteiger partial charge >= 0.3 is 5.97 Å². The van der Waals surface area contributed by atoms with Crippen LogP contribution in [0, 0.1) is 5.92 Å². The Bertz CT molecular complexity index is 900. The number of ether oxygens (including phenoxy) is 1. The van der Waals surface area contributed by atoms with Crippen LogP contribution in [-0.4, -0.2) is 41.9 Å². The topological polar surface area (TPSA) is 66.9 Å². The van der Waals surface area contributed by atoms with E-state index in [2.05, 4.69) is 0 Å². The van der Waals surface area contributed by atoms with E-state index >= 15 is 0 Å². The average molecular weight is 392 g/mol. The van der Waals surface area contributed by atoms with Gasteiger partial charge in [0.05, 0.1) is 18.6 Å². The van der Waals surface area contributed by atoms with E-state index in [4.69, 9.17) is 4.74 Å². The summed E-state index contributed by atoms with van der Waals surface area (Å²) in [6.45, 7) is 2.25. The van der Waals surface area contributed by atoms with Crippen molar-refractivity contribution in [3.63, 3.8) is 0 Å². The number of esters is 1. The summed E-state index contributed by atoms with van der Waals surface area (Å²) in [4.78, 5) is 41.2. The molecular formula is C23H24N2O4. The van der Waals surface area contributed by atoms with Crippen molar-refractivity contribution in [3.05, 3.63) is 66.2 Å². The lowest BCUT2D eigenvalue weighted by Gasteiger charge is -2.48. The zero-order chi connectivity index (χ0) is 20.4. The van der Waals surface area contributed by atoms with Gasteiger partial charge in [-0.2, -0.15) is 0 Å². The van der Waals surface area contributed by atoms with Gasteiger partial charge in [-0.05, 0) is 31.0 Å². The molecule has 6 nitrogen and oxygen atoms in total. The number of para-hydroxylation sites is 1. The second-order valence-electron chi connectivity index (χ2n) is 7.36. The zero-order valence-corrected chi connectivity index (χ0v) is 16.4. The van der Waals surface area contributed by atoms with Crippen molar-refractivity contribution in [1.82, 2.24) is 4.90 Å². The van der Waals surface area contributed by atoms with E-state index < -0.39 is 12.0 Å². The van der Waals surface area contributed by atoms with Gasteiger partial charge in [-0.1, -0.05) is 48.5 Å². The molecule has 2 aromatic carbocycles. The van der Waals surface area contributed by atoms with Crippen LogP contribution in [0.5, 0.6) is 0 Å². The summed E-state index contributed by atoms with van der Waals surface area (Å²) in [6.07, 6.45) is 0.750. The van der Waals surface area contributed by atoms with E-state index in [9.17, 15) is 14.4 Å². The molecule has 2 saturated heterocycles. The van der Waals surface area contributed by atoms with Crippen molar-refractivity contribution in [3.8, 4) is 0 Å². The minimum absolute atomic E-state index is 0.0349. The summed E-state index contributed by atoms with van der Waals surface area (Å²) >= 11 is 0. The molecule has 0 aromatic heterocycles. The monoisotopic (exact) mass is 392 g/mol. The maximum Gasteiger partial charge on any atom is 0.328 e. The Balaban J connectivity index is 1.61. The number of likely N-dealkylation sites (tertiary alicyclic amines) is 1. The minimum atomic E-state index is -0.600. The molecule has 2 heterocycles. The van der Waals surface area contributed by atoms with E-state index in [1.54, 1.807) is 16.7 Å². The molecule has 0 N–H and O–H groups in total. The minimum Gasteiger partial charge on any atom is -0.464 e. The van der Waals surface area contributed by atoms with Crippen LogP contribution in [-0.2, 0) is 19.1 Å². The van der Waals surface area contributed by atoms with Crippen LogP contribution >= 0.6 is 0 Å². The molecule has 4 rings (SSSR count). The first kappa shape index (κ1) is 19.2. The van der Waals surface area contributed by atoms with Gasteiger partial charge in [-0.15, -0.1) is 0 Å². The first-order valence-electron chi connectivity index (χ1n) is 10.0. The Morgan fingerprint density at radius 3 is 2.34 bits per heavy atom. The predicted octanol–water partition coefficient (Wildman–Crippen LogP) is 2.94. The van der Waals surface area contributed by atoms with Gasteiger partial charge in [0.25, 0.3) is 0 Å². The number of carbonyl (C=O) groups excluding carboxylic acids is 3. The predicted molar refractivity (Wildman–Crippen MR) is 108 cm³/mol. The molecule has 0 bridgehead atoms. The number of nitrogens with zero attached hydrogens (tertiary/aromatic N) is 2. The molecular weight excluding hydrogens is 368 g/mol. The second-order valence-corrected chi connectivity index (χ2v) is 7.36. The number of rotatable bonds is 6. The number of β-lactam (4-membered cyclic amide) rings is 1. The van der Waals surface area contributed by atoms with Crippen LogP contribution < -0.4 is 4.90 Å². The van der Waals surface area contributed by atoms with Crippen LogP contribution in [0.2, 0.25) is 0 Å². The Kier molecular flexibility index (Phi) is 5.34. The summed E-state index contributed by atoms with van der Waals surface area (Å²) in [5, 5.41) is 0. The second kappa shape index (κ2) is 8.07. The zero-order valence-electron chi connectivity index (χ0n) is 16.4. The molecule has 3 atom stereocenters. The van der Waals surface area contributed by atoms with Crippen molar-refractivity contribution >= 4 is 23.5 Å². The molecule has 0 spiro atoms. The van der Waals surface area contributed by atoms with Crippen LogP contribution in [0.25, 0.3) is 0 Å². The molecule has 6 heteroatoms. The van der Waals surface area contributed by atoms with Gasteiger partial charge in [0.2, 0.25) is 11.8 Å². The molecule has 0 aliphatic carbocycles. The third kappa shape index (κ3) is 3.50. The third-order valence-electron chi connectivity index (χ3n) is 5.67. The van der Waals surface area contributed by atoms with Gasteiger partial charge in [-0.3, -0.25) is 9.59 Å². The van der Waals surface area contributed by atoms with Gasteiger partial charge in [-0.25, -0.2) is 4.79 Å². The number of anilines is 1. The number of amides is 2. The number of carbonyl (C=O) groups is 3. The highest BCUT2D eigenvalue weighted by molar-refractivity contribution is 6.03. The maximum absolute atomic E-state index is 13.1. The summed E-state index contributed by atoms with van der Waals surface area (Å²) in [5.74, 6) is -0.911. The van der Waals surface area contributed by atoms with E-state index in [1.165, 1.54) is 0 Å². The van der Waals surface area contributed by atoms with E-state index in [1.807, 2.05) is 60.7 Å². The Morgan fingerprint density at radius 1 is 1.03 bits per heavy atom. The van der Waals surface area contributed by atoms with Crippen molar-refractivity contribution in [1.29, 1.82) is 0 Å². The average Bonchev–Trinajstić information content (AvgIpc) is 3.11. The molecule has 2 aliphatic rings. The maximum atomic E-state index is 13.1. The first-order valence-corrected chi connectivity index (χ1v) is 10.0. The fraction of sp³-hybridized carbons (Fsp3) is 0.348. The molecule has 2 fully saturated rings. The highest BCUT2D eigenvalue weighted by Gasteiger charge is 2.51. The lowest BCUT2D eigenvalue weighted by atomic mass is 9.81. The van der Waals surface area contributed by atoms with E-state index in [-0.39, 0.29) is 37.0 Å². The fourth-order valence-corrected chi connectivity index (χ4v) is 4.29. The molecule has 0 unspecified atom stereocenters. The molecule has 29 heavy (non-hydrogen) atoms. The number of hydrogen-bond donors (Lipinski definition) is 0. The van der Waals surface area contributed by atoms with Gasteiger partial charge < -0.3 is 14.5 Å². The van der Waals surface area contributed by atoms with Crippen LogP contribution in [0.4, 0.5) is 5.69 Å². The smallest absolute Gasteiger partial charge is 0.328 e. The Morgan fingerprint density at radius 2 is 1.69 bits per heavy atom. The Hall–Kier alpha value is -3.15. The van der Waals surface area contributed by atoms with Gasteiger partial charge in [0, 0.05) is 18.7 Å². The summed E-state index contributed by atoms with van der Waals surface area (Å²) in [5.41, 5.74) is 1.84. The molecule has 0 saturated carbocycles. The highest BCUT2D eigenvalue weighted by atomic mass is 16.5. The van der Waals surface area contributed by atoms with Crippen molar-refractivity contribution in [2.45, 2.75) is 31.8 Å². The Labute approximate surface area is 170 Å². The molecule has 2 amide bonds. The van der Waals surface area contributed by atoms with Crippen molar-refractivity contribution in [2.24, 2.45) is 5.92 Å². The standard InChI is InChI=1S/C23H24N2O4/c1-2-29-23(28)19-13-14-20(26)24(19)15-18-21(16-9-5-3-6-10-16)25(22(18)27)17-11-7-4-8-12-17/h3-12,18-19,21H,2,13-15H2,1H3/t18-,19+,21+/m1/s1. The van der Waals surface area contributed by atoms with Crippen molar-refractivity contribution in [2.75, 3.05) is 18.1 Å². The summed E-state index contributed by atoms with van der Waals surface area (Å²) < 4.78 is 5.14. The fourth-order valence-electron chi connectivity index (χ4n) is 4.29. The lowest BCUT2D eigenvalue weighted by Crippen LogP contribution is -2.60. The summed E-state index contributed by atoms with van der Waals surface area (Å²) in [6, 6.07) is 18.6. The quantitative estimate of drug-likeness (QED) is 0.560. The molecule has 150 valence electrons. The third-order valence-corrected chi connectivity index (χ3v) is 5.67. The molecule has 2 aromatic rings. The van der Waals surface area contributed by atoms with E-state index in [0.29, 0.717) is 12.8 Å². The first-order chi connectivity index (χ1) is 14.1. The van der Waals surface area contributed by atoms with Gasteiger partial charge in [0.15, 0.2) is 0 Å². The lowest BCUT2D eigenvalue weighted by molar-refractivity contribution is -0.153. The van der Waals surface area contributed by atoms with Crippen LogP contribution in [0.3, 0.4) is 0 Å². The van der Waals surface area contributed by atoms with Crippen molar-refractivity contribution < 1.29 is 19.1 Å². The number of hydrogen-bond acceptors (Lipinski definition) is 4. The molecule has 0 radical (unpaired) electrons. The SMILES string of the molecule is CCOC(=O)[C@@H]1CCC(=O)N1C[C@H]1C(=O)N(c2ccccc2)[C@H]1c1ccccc1. The highest BCUT2D eigenvalue weighted by Crippen LogP contribution is 2.44. The van der Waals surface area contributed by atoms with Gasteiger partial charge in [0.1, 0.15) is 6.04 Å². The van der Waals surface area contributed by atoms with Crippen LogP contribution in [0.1, 0.15) is 31.4 Å². The largest absolute Gasteiger partial charge is 0.464 e. The normalized spacial score (nSPS) is 23.8. The van der Waals surface area contributed by atoms with Crippen LogP contribution in [0.15, 0.2) is 60.7 Å². The number of benzene rings is 2.